The molecule has 21 heavy (non-hydrogen) atoms. The van der Waals surface area contributed by atoms with Crippen molar-refractivity contribution in [3.05, 3.63) is 34.6 Å². The minimum absolute atomic E-state index is 0.160. The highest BCUT2D eigenvalue weighted by atomic mass is 35.5. The monoisotopic (exact) mass is 312 g/mol. The summed E-state index contributed by atoms with van der Waals surface area (Å²) in [5, 5.41) is 4.24. The summed E-state index contributed by atoms with van der Waals surface area (Å²) in [5.41, 5.74) is 0.699. The Kier molecular flexibility index (Phi) is 6.03. The number of nitrogens with zero attached hydrogens (tertiary/aromatic N) is 1. The highest BCUT2D eigenvalue weighted by Gasteiger charge is 2.29. The lowest BCUT2D eigenvalue weighted by atomic mass is 9.96. The summed E-state index contributed by atoms with van der Waals surface area (Å²) in [5.74, 6) is 0.384. The van der Waals surface area contributed by atoms with E-state index in [0.29, 0.717) is 35.1 Å². The first kappa shape index (κ1) is 16.7. The molecule has 0 amide bonds. The molecule has 1 aliphatic rings. The van der Waals surface area contributed by atoms with Gasteiger partial charge in [-0.2, -0.15) is 0 Å². The molecule has 2 unspecified atom stereocenters. The van der Waals surface area contributed by atoms with Gasteiger partial charge in [0.2, 0.25) is 0 Å². The quantitative estimate of drug-likeness (QED) is 0.881. The van der Waals surface area contributed by atoms with E-state index < -0.39 is 0 Å². The summed E-state index contributed by atoms with van der Waals surface area (Å²) in [6.07, 6.45) is 2.34. The molecule has 118 valence electrons. The van der Waals surface area contributed by atoms with Gasteiger partial charge in [0.15, 0.2) is 0 Å². The first-order valence-electron chi connectivity index (χ1n) is 7.92. The summed E-state index contributed by atoms with van der Waals surface area (Å²) in [4.78, 5) is 2.41. The van der Waals surface area contributed by atoms with Crippen LogP contribution in [0.25, 0.3) is 0 Å². The van der Waals surface area contributed by atoms with Crippen molar-refractivity contribution in [2.24, 2.45) is 5.92 Å². The standard InChI is InChI=1S/C17H26ClFN2/c1-4-5-15-11-21(17(9-20-15)12(2)3)10-13-8-14(18)6-7-16(13)19/h6-8,12,15,17,20H,4-5,9-11H2,1-3H3. The second-order valence-electron chi connectivity index (χ2n) is 6.37. The van der Waals surface area contributed by atoms with E-state index in [9.17, 15) is 4.39 Å². The van der Waals surface area contributed by atoms with Gasteiger partial charge in [-0.15, -0.1) is 0 Å². The van der Waals surface area contributed by atoms with E-state index in [-0.39, 0.29) is 5.82 Å². The Labute approximate surface area is 132 Å². The van der Waals surface area contributed by atoms with Crippen molar-refractivity contribution in [2.45, 2.75) is 52.2 Å². The van der Waals surface area contributed by atoms with Crippen LogP contribution in [0.1, 0.15) is 39.2 Å². The van der Waals surface area contributed by atoms with Crippen LogP contribution in [0.3, 0.4) is 0 Å². The van der Waals surface area contributed by atoms with E-state index in [1.807, 2.05) is 0 Å². The predicted molar refractivity (Wildman–Crippen MR) is 87.1 cm³/mol. The van der Waals surface area contributed by atoms with Crippen LogP contribution in [0.15, 0.2) is 18.2 Å². The van der Waals surface area contributed by atoms with Crippen molar-refractivity contribution in [1.82, 2.24) is 10.2 Å². The second kappa shape index (κ2) is 7.57. The molecule has 0 spiro atoms. The zero-order valence-corrected chi connectivity index (χ0v) is 14.0. The lowest BCUT2D eigenvalue weighted by molar-refractivity contribution is 0.0874. The molecule has 2 rings (SSSR count). The first-order valence-corrected chi connectivity index (χ1v) is 8.30. The molecule has 2 nitrogen and oxygen atoms in total. The highest BCUT2D eigenvalue weighted by Crippen LogP contribution is 2.22. The van der Waals surface area contributed by atoms with Crippen LogP contribution in [-0.4, -0.2) is 30.1 Å². The topological polar surface area (TPSA) is 15.3 Å². The molecule has 0 bridgehead atoms. The van der Waals surface area contributed by atoms with Crippen LogP contribution in [0.2, 0.25) is 5.02 Å². The summed E-state index contributed by atoms with van der Waals surface area (Å²) < 4.78 is 14.0. The molecule has 0 saturated carbocycles. The zero-order chi connectivity index (χ0) is 15.4. The van der Waals surface area contributed by atoms with Gasteiger partial charge in [0.1, 0.15) is 5.82 Å². The molecule has 0 aliphatic carbocycles. The molecule has 1 aromatic carbocycles. The highest BCUT2D eigenvalue weighted by molar-refractivity contribution is 6.30. The lowest BCUT2D eigenvalue weighted by Crippen LogP contribution is -2.57. The van der Waals surface area contributed by atoms with Crippen LogP contribution < -0.4 is 5.32 Å². The lowest BCUT2D eigenvalue weighted by Gasteiger charge is -2.42. The summed E-state index contributed by atoms with van der Waals surface area (Å²) >= 11 is 6.01. The fraction of sp³-hybridized carbons (Fsp3) is 0.647. The van der Waals surface area contributed by atoms with Crippen molar-refractivity contribution in [3.63, 3.8) is 0 Å². The molecule has 1 heterocycles. The van der Waals surface area contributed by atoms with Crippen LogP contribution in [-0.2, 0) is 6.54 Å². The van der Waals surface area contributed by atoms with Gasteiger partial charge in [-0.25, -0.2) is 4.39 Å². The molecule has 1 N–H and O–H groups in total. The average molecular weight is 313 g/mol. The van der Waals surface area contributed by atoms with E-state index in [0.717, 1.165) is 13.1 Å². The van der Waals surface area contributed by atoms with Crippen LogP contribution in [0.5, 0.6) is 0 Å². The van der Waals surface area contributed by atoms with Gasteiger partial charge in [-0.05, 0) is 30.5 Å². The van der Waals surface area contributed by atoms with Gasteiger partial charge < -0.3 is 5.32 Å². The molecule has 0 radical (unpaired) electrons. The van der Waals surface area contributed by atoms with Crippen LogP contribution >= 0.6 is 11.6 Å². The van der Waals surface area contributed by atoms with Crippen molar-refractivity contribution in [1.29, 1.82) is 0 Å². The van der Waals surface area contributed by atoms with E-state index in [1.165, 1.54) is 18.9 Å². The average Bonchev–Trinajstić information content (AvgIpc) is 2.43. The molecule has 1 saturated heterocycles. The molecular formula is C17H26ClFN2. The molecule has 1 fully saturated rings. The normalized spacial score (nSPS) is 23.7. The maximum atomic E-state index is 14.0. The second-order valence-corrected chi connectivity index (χ2v) is 6.81. The molecule has 4 heteroatoms. The Morgan fingerprint density at radius 2 is 2.19 bits per heavy atom. The van der Waals surface area contributed by atoms with E-state index in [4.69, 9.17) is 11.6 Å². The van der Waals surface area contributed by atoms with E-state index >= 15 is 0 Å². The largest absolute Gasteiger partial charge is 0.311 e. The van der Waals surface area contributed by atoms with Gasteiger partial charge >= 0.3 is 0 Å². The number of hydrogen-bond donors (Lipinski definition) is 1. The molecule has 2 atom stereocenters. The molecule has 1 aliphatic heterocycles. The fourth-order valence-electron chi connectivity index (χ4n) is 3.16. The zero-order valence-electron chi connectivity index (χ0n) is 13.2. The Bertz CT molecular complexity index is 464. The number of halogens is 2. The number of nitrogens with one attached hydrogen (secondary N) is 1. The summed E-state index contributed by atoms with van der Waals surface area (Å²) in [6.45, 7) is 9.25. The van der Waals surface area contributed by atoms with Crippen molar-refractivity contribution in [2.75, 3.05) is 13.1 Å². The Morgan fingerprint density at radius 3 is 2.86 bits per heavy atom. The fourth-order valence-corrected chi connectivity index (χ4v) is 3.36. The maximum Gasteiger partial charge on any atom is 0.127 e. The smallest absolute Gasteiger partial charge is 0.127 e. The van der Waals surface area contributed by atoms with Gasteiger partial charge in [-0.1, -0.05) is 38.8 Å². The molecule has 0 aromatic heterocycles. The Morgan fingerprint density at radius 1 is 1.43 bits per heavy atom. The molecule has 1 aromatic rings. The number of benzene rings is 1. The third kappa shape index (κ3) is 4.41. The number of rotatable bonds is 5. The van der Waals surface area contributed by atoms with Gasteiger partial charge in [-0.3, -0.25) is 4.90 Å². The van der Waals surface area contributed by atoms with E-state index in [1.54, 1.807) is 12.1 Å². The SMILES string of the molecule is CCCC1CN(Cc2cc(Cl)ccc2F)C(C(C)C)CN1. The summed E-state index contributed by atoms with van der Waals surface area (Å²) in [7, 11) is 0. The van der Waals surface area contributed by atoms with Crippen LogP contribution in [0, 0.1) is 11.7 Å². The van der Waals surface area contributed by atoms with Crippen LogP contribution in [0.4, 0.5) is 4.39 Å². The van der Waals surface area contributed by atoms with Gasteiger partial charge in [0.05, 0.1) is 0 Å². The predicted octanol–water partition coefficient (Wildman–Crippen LogP) is 4.08. The minimum atomic E-state index is -0.160. The maximum absolute atomic E-state index is 14.0. The number of hydrogen-bond acceptors (Lipinski definition) is 2. The Hall–Kier alpha value is -0.640. The van der Waals surface area contributed by atoms with Gasteiger partial charge in [0, 0.05) is 42.3 Å². The van der Waals surface area contributed by atoms with E-state index in [2.05, 4.69) is 31.0 Å². The first-order chi connectivity index (χ1) is 10.0. The third-order valence-electron chi connectivity index (χ3n) is 4.33. The van der Waals surface area contributed by atoms with Crippen molar-refractivity contribution < 1.29 is 4.39 Å². The van der Waals surface area contributed by atoms with Crippen molar-refractivity contribution in [3.8, 4) is 0 Å². The number of piperazine rings is 1. The van der Waals surface area contributed by atoms with Gasteiger partial charge in [0.25, 0.3) is 0 Å². The Balaban J connectivity index is 2.13. The minimum Gasteiger partial charge on any atom is -0.311 e. The molecular weight excluding hydrogens is 287 g/mol. The van der Waals surface area contributed by atoms with Crippen molar-refractivity contribution >= 4 is 11.6 Å². The third-order valence-corrected chi connectivity index (χ3v) is 4.56. The summed E-state index contributed by atoms with van der Waals surface area (Å²) in [6, 6.07) is 5.78.